The van der Waals surface area contributed by atoms with E-state index in [1.54, 1.807) is 18.2 Å². The number of hydrogen-bond donors (Lipinski definition) is 1. The van der Waals surface area contributed by atoms with E-state index in [-0.39, 0.29) is 12.3 Å². The molecule has 2 aromatic carbocycles. The average molecular weight is 337 g/mol. The van der Waals surface area contributed by atoms with Gasteiger partial charge in [-0.05, 0) is 35.4 Å². The largest absolute Gasteiger partial charge is 0.378 e. The molecule has 3 nitrogen and oxygen atoms in total. The third-order valence-corrected chi connectivity index (χ3v) is 4.03. The summed E-state index contributed by atoms with van der Waals surface area (Å²) in [5, 5.41) is 3.86. The molecule has 0 aromatic heterocycles. The smallest absolute Gasteiger partial charge is 0.224 e. The molecule has 0 unspecified atom stereocenters. The zero-order chi connectivity index (χ0) is 16.1. The normalized spacial score (nSPS) is 10.4. The number of nitrogens with one attached hydrogen (secondary N) is 1. The molecule has 116 valence electrons. The van der Waals surface area contributed by atoms with Crippen molar-refractivity contribution in [2.75, 3.05) is 19.0 Å². The molecule has 0 aliphatic heterocycles. The molecule has 0 radical (unpaired) electrons. The molecular weight excluding hydrogens is 319 g/mol. The van der Waals surface area contributed by atoms with Crippen LogP contribution in [0, 0.1) is 0 Å². The van der Waals surface area contributed by atoms with Crippen LogP contribution in [0.15, 0.2) is 42.5 Å². The van der Waals surface area contributed by atoms with E-state index in [2.05, 4.69) is 5.32 Å². The molecule has 0 aliphatic carbocycles. The molecule has 0 aliphatic rings. The monoisotopic (exact) mass is 336 g/mol. The van der Waals surface area contributed by atoms with E-state index >= 15 is 0 Å². The molecular formula is C17H18Cl2N2O. The summed E-state index contributed by atoms with van der Waals surface area (Å²) in [4.78, 5) is 14.0. The van der Waals surface area contributed by atoms with Crippen LogP contribution in [0.4, 0.5) is 5.69 Å². The second kappa shape index (κ2) is 7.52. The van der Waals surface area contributed by atoms with Crippen molar-refractivity contribution in [3.63, 3.8) is 0 Å². The van der Waals surface area contributed by atoms with Crippen LogP contribution < -0.4 is 10.2 Å². The van der Waals surface area contributed by atoms with E-state index in [0.29, 0.717) is 16.6 Å². The van der Waals surface area contributed by atoms with Crippen LogP contribution in [0.3, 0.4) is 0 Å². The maximum Gasteiger partial charge on any atom is 0.224 e. The molecule has 1 amide bonds. The van der Waals surface area contributed by atoms with Crippen molar-refractivity contribution in [1.29, 1.82) is 0 Å². The first-order valence-electron chi connectivity index (χ1n) is 6.92. The van der Waals surface area contributed by atoms with Crippen LogP contribution in [0.2, 0.25) is 10.0 Å². The molecule has 2 aromatic rings. The summed E-state index contributed by atoms with van der Waals surface area (Å²) in [6.45, 7) is 0.508. The zero-order valence-corrected chi connectivity index (χ0v) is 14.1. The van der Waals surface area contributed by atoms with Crippen LogP contribution in [0.5, 0.6) is 0 Å². The van der Waals surface area contributed by atoms with Gasteiger partial charge in [-0.2, -0.15) is 0 Å². The highest BCUT2D eigenvalue weighted by molar-refractivity contribution is 6.42. The van der Waals surface area contributed by atoms with Gasteiger partial charge in [0.15, 0.2) is 0 Å². The van der Waals surface area contributed by atoms with E-state index in [9.17, 15) is 4.79 Å². The summed E-state index contributed by atoms with van der Waals surface area (Å²) in [7, 11) is 3.99. The highest BCUT2D eigenvalue weighted by Gasteiger charge is 2.06. The van der Waals surface area contributed by atoms with Crippen molar-refractivity contribution in [2.24, 2.45) is 0 Å². The van der Waals surface area contributed by atoms with Gasteiger partial charge in [0.25, 0.3) is 0 Å². The minimum absolute atomic E-state index is 0.0462. The van der Waals surface area contributed by atoms with Gasteiger partial charge in [-0.3, -0.25) is 4.79 Å². The number of rotatable bonds is 5. The number of amides is 1. The minimum atomic E-state index is -0.0462. The number of nitrogens with zero attached hydrogens (tertiary/aromatic N) is 1. The van der Waals surface area contributed by atoms with Crippen LogP contribution >= 0.6 is 23.2 Å². The van der Waals surface area contributed by atoms with Crippen molar-refractivity contribution in [1.82, 2.24) is 5.32 Å². The lowest BCUT2D eigenvalue weighted by molar-refractivity contribution is -0.120. The molecule has 0 fully saturated rings. The highest BCUT2D eigenvalue weighted by atomic mass is 35.5. The van der Waals surface area contributed by atoms with Gasteiger partial charge in [0.2, 0.25) is 5.91 Å². The quantitative estimate of drug-likeness (QED) is 0.897. The number of hydrogen-bond acceptors (Lipinski definition) is 2. The van der Waals surface area contributed by atoms with E-state index in [1.165, 1.54) is 0 Å². The van der Waals surface area contributed by atoms with E-state index in [0.717, 1.165) is 16.8 Å². The first-order chi connectivity index (χ1) is 10.5. The van der Waals surface area contributed by atoms with E-state index in [4.69, 9.17) is 23.2 Å². The lowest BCUT2D eigenvalue weighted by Crippen LogP contribution is -2.24. The Morgan fingerprint density at radius 3 is 2.23 bits per heavy atom. The Labute approximate surface area is 140 Å². The molecule has 2 rings (SSSR count). The van der Waals surface area contributed by atoms with Gasteiger partial charge < -0.3 is 10.2 Å². The van der Waals surface area contributed by atoms with E-state index in [1.807, 2.05) is 43.3 Å². The van der Waals surface area contributed by atoms with Crippen molar-refractivity contribution in [3.05, 3.63) is 63.6 Å². The fraction of sp³-hybridized carbons (Fsp3) is 0.235. The van der Waals surface area contributed by atoms with Gasteiger partial charge in [-0.15, -0.1) is 0 Å². The summed E-state index contributed by atoms with van der Waals surface area (Å²) in [6, 6.07) is 13.3. The molecule has 1 N–H and O–H groups in total. The van der Waals surface area contributed by atoms with Gasteiger partial charge in [-0.1, -0.05) is 41.4 Å². The Kier molecular flexibility index (Phi) is 5.69. The number of anilines is 1. The first-order valence-corrected chi connectivity index (χ1v) is 7.68. The molecule has 5 heteroatoms. The third-order valence-electron chi connectivity index (χ3n) is 3.29. The Hall–Kier alpha value is -1.71. The maximum atomic E-state index is 12.0. The van der Waals surface area contributed by atoms with Gasteiger partial charge in [0.05, 0.1) is 16.5 Å². The molecule has 0 bridgehead atoms. The predicted octanol–water partition coefficient (Wildman–Crippen LogP) is 3.92. The Balaban J connectivity index is 1.88. The zero-order valence-electron chi connectivity index (χ0n) is 12.6. The Morgan fingerprint density at radius 2 is 1.64 bits per heavy atom. The first kappa shape index (κ1) is 16.7. The van der Waals surface area contributed by atoms with Crippen molar-refractivity contribution >= 4 is 34.8 Å². The van der Waals surface area contributed by atoms with Crippen LogP contribution in [-0.4, -0.2) is 20.0 Å². The highest BCUT2D eigenvalue weighted by Crippen LogP contribution is 2.22. The van der Waals surface area contributed by atoms with Crippen molar-refractivity contribution in [3.8, 4) is 0 Å². The standard InChI is InChI=1S/C17H18Cl2N2O/c1-21(2)14-6-3-12(4-7-14)11-20-17(22)10-13-5-8-15(18)16(19)9-13/h3-9H,10-11H2,1-2H3,(H,20,22). The third kappa shape index (κ3) is 4.65. The summed E-state index contributed by atoms with van der Waals surface area (Å²) < 4.78 is 0. The van der Waals surface area contributed by atoms with E-state index < -0.39 is 0 Å². The number of carbonyl (C=O) groups excluding carboxylic acids is 1. The van der Waals surface area contributed by atoms with Crippen molar-refractivity contribution < 1.29 is 4.79 Å². The van der Waals surface area contributed by atoms with Crippen LogP contribution in [0.1, 0.15) is 11.1 Å². The summed E-state index contributed by atoms with van der Waals surface area (Å²) in [6.07, 6.45) is 0.284. The fourth-order valence-electron chi connectivity index (χ4n) is 2.01. The molecule has 0 atom stereocenters. The number of carbonyl (C=O) groups is 1. The minimum Gasteiger partial charge on any atom is -0.378 e. The molecule has 22 heavy (non-hydrogen) atoms. The van der Waals surface area contributed by atoms with Gasteiger partial charge in [-0.25, -0.2) is 0 Å². The predicted molar refractivity (Wildman–Crippen MR) is 92.8 cm³/mol. The second-order valence-electron chi connectivity index (χ2n) is 5.26. The lowest BCUT2D eigenvalue weighted by Gasteiger charge is -2.13. The Morgan fingerprint density at radius 1 is 1.00 bits per heavy atom. The van der Waals surface area contributed by atoms with Crippen molar-refractivity contribution in [2.45, 2.75) is 13.0 Å². The van der Waals surface area contributed by atoms with Gasteiger partial charge in [0, 0.05) is 26.3 Å². The summed E-state index contributed by atoms with van der Waals surface area (Å²) >= 11 is 11.8. The molecule has 0 spiro atoms. The van der Waals surface area contributed by atoms with Crippen LogP contribution in [0.25, 0.3) is 0 Å². The second-order valence-corrected chi connectivity index (χ2v) is 6.08. The molecule has 0 saturated carbocycles. The number of halogens is 2. The topological polar surface area (TPSA) is 32.3 Å². The summed E-state index contributed by atoms with van der Waals surface area (Å²) in [5.41, 5.74) is 3.04. The fourth-order valence-corrected chi connectivity index (χ4v) is 2.33. The SMILES string of the molecule is CN(C)c1ccc(CNC(=O)Cc2ccc(Cl)c(Cl)c2)cc1. The van der Waals surface area contributed by atoms with Gasteiger partial charge >= 0.3 is 0 Å². The molecule has 0 saturated heterocycles. The lowest BCUT2D eigenvalue weighted by atomic mass is 10.1. The maximum absolute atomic E-state index is 12.0. The summed E-state index contributed by atoms with van der Waals surface area (Å²) in [5.74, 6) is -0.0462. The van der Waals surface area contributed by atoms with Crippen LogP contribution in [-0.2, 0) is 17.8 Å². The molecule has 0 heterocycles. The Bertz CT molecular complexity index is 654. The van der Waals surface area contributed by atoms with Gasteiger partial charge in [0.1, 0.15) is 0 Å². The number of benzene rings is 2. The average Bonchev–Trinajstić information content (AvgIpc) is 2.49.